The van der Waals surface area contributed by atoms with Gasteiger partial charge in [0.05, 0.1) is 7.05 Å². The van der Waals surface area contributed by atoms with E-state index in [1.54, 1.807) is 7.05 Å². The highest BCUT2D eigenvalue weighted by Gasteiger charge is 2.09. The monoisotopic (exact) mass is 170 g/mol. The molecule has 0 saturated heterocycles. The van der Waals surface area contributed by atoms with Gasteiger partial charge in [-0.3, -0.25) is 0 Å². The fraction of sp³-hybridized carbons (Fsp3) is 0.857. The Morgan fingerprint density at radius 3 is 2.75 bits per heavy atom. The summed E-state index contributed by atoms with van der Waals surface area (Å²) in [5.41, 5.74) is 0. The van der Waals surface area contributed by atoms with Crippen molar-refractivity contribution in [3.63, 3.8) is 0 Å². The van der Waals surface area contributed by atoms with Gasteiger partial charge in [0.15, 0.2) is 5.82 Å². The van der Waals surface area contributed by atoms with E-state index in [9.17, 15) is 0 Å². The number of aliphatic hydroxyl groups is 1. The Bertz CT molecular complexity index is 231. The van der Waals surface area contributed by atoms with Crippen LogP contribution in [0.1, 0.15) is 19.2 Å². The van der Waals surface area contributed by atoms with Crippen molar-refractivity contribution in [2.24, 2.45) is 13.0 Å². The predicted octanol–water partition coefficient (Wildman–Crippen LogP) is -0.229. The van der Waals surface area contributed by atoms with Gasteiger partial charge in [0.25, 0.3) is 0 Å². The quantitative estimate of drug-likeness (QED) is 0.678. The minimum absolute atomic E-state index is 0.189. The summed E-state index contributed by atoms with van der Waals surface area (Å²) < 4.78 is 0. The predicted molar refractivity (Wildman–Crippen MR) is 43.4 cm³/mol. The fourth-order valence-corrected chi connectivity index (χ4v) is 1.00. The van der Waals surface area contributed by atoms with Gasteiger partial charge in [0.1, 0.15) is 0 Å². The van der Waals surface area contributed by atoms with Crippen molar-refractivity contribution < 1.29 is 5.11 Å². The second-order valence-corrected chi connectivity index (χ2v) is 2.86. The first kappa shape index (κ1) is 9.12. The molecule has 0 spiro atoms. The summed E-state index contributed by atoms with van der Waals surface area (Å²) in [5, 5.41) is 20.5. The zero-order valence-corrected chi connectivity index (χ0v) is 7.43. The normalized spacial score (nSPS) is 13.2. The second kappa shape index (κ2) is 4.15. The summed E-state index contributed by atoms with van der Waals surface area (Å²) in [4.78, 5) is 1.43. The lowest BCUT2D eigenvalue weighted by molar-refractivity contribution is 0.220. The first-order valence-corrected chi connectivity index (χ1v) is 4.10. The van der Waals surface area contributed by atoms with Crippen LogP contribution in [0.5, 0.6) is 0 Å². The van der Waals surface area contributed by atoms with E-state index >= 15 is 0 Å². The average molecular weight is 170 g/mol. The van der Waals surface area contributed by atoms with E-state index in [2.05, 4.69) is 15.4 Å². The van der Waals surface area contributed by atoms with Crippen LogP contribution in [0, 0.1) is 5.92 Å². The molecule has 0 amide bonds. The number of aromatic nitrogens is 4. The van der Waals surface area contributed by atoms with E-state index in [-0.39, 0.29) is 12.5 Å². The Labute approximate surface area is 71.4 Å². The molecule has 1 atom stereocenters. The van der Waals surface area contributed by atoms with E-state index in [1.807, 2.05) is 6.92 Å². The molecule has 5 nitrogen and oxygen atoms in total. The van der Waals surface area contributed by atoms with Gasteiger partial charge in [-0.25, -0.2) is 0 Å². The number of rotatable bonds is 4. The largest absolute Gasteiger partial charge is 0.396 e. The standard InChI is InChI=1S/C7H14N4O/c1-3-6(5-12)4-7-8-10-11(2)9-7/h6,12H,3-5H2,1-2H3. The van der Waals surface area contributed by atoms with Gasteiger partial charge in [-0.15, -0.1) is 10.2 Å². The third-order valence-corrected chi connectivity index (χ3v) is 1.86. The fourth-order valence-electron chi connectivity index (χ4n) is 1.00. The molecule has 5 heteroatoms. The van der Waals surface area contributed by atoms with Crippen molar-refractivity contribution in [2.45, 2.75) is 19.8 Å². The van der Waals surface area contributed by atoms with Gasteiger partial charge in [-0.2, -0.15) is 4.80 Å². The molecule has 0 bridgehead atoms. The second-order valence-electron chi connectivity index (χ2n) is 2.86. The maximum atomic E-state index is 8.91. The smallest absolute Gasteiger partial charge is 0.175 e. The van der Waals surface area contributed by atoms with Crippen molar-refractivity contribution in [2.75, 3.05) is 6.61 Å². The topological polar surface area (TPSA) is 63.8 Å². The lowest BCUT2D eigenvalue weighted by Crippen LogP contribution is -2.09. The lowest BCUT2D eigenvalue weighted by Gasteiger charge is -2.06. The summed E-state index contributed by atoms with van der Waals surface area (Å²) in [6.07, 6.45) is 1.65. The first-order valence-electron chi connectivity index (χ1n) is 4.10. The van der Waals surface area contributed by atoms with Crippen LogP contribution in [0.25, 0.3) is 0 Å². The molecule has 1 N–H and O–H groups in total. The average Bonchev–Trinajstić information content (AvgIpc) is 2.47. The Balaban J connectivity index is 2.50. The third kappa shape index (κ3) is 2.27. The zero-order valence-electron chi connectivity index (χ0n) is 7.43. The van der Waals surface area contributed by atoms with E-state index in [0.29, 0.717) is 12.2 Å². The van der Waals surface area contributed by atoms with Crippen LogP contribution >= 0.6 is 0 Å². The van der Waals surface area contributed by atoms with Gasteiger partial charge < -0.3 is 5.11 Å². The van der Waals surface area contributed by atoms with Crippen LogP contribution in [0.2, 0.25) is 0 Å². The minimum atomic E-state index is 0.189. The summed E-state index contributed by atoms with van der Waals surface area (Å²) in [5.74, 6) is 0.965. The Kier molecular flexibility index (Phi) is 3.16. The number of aliphatic hydroxyl groups excluding tert-OH is 1. The van der Waals surface area contributed by atoms with Crippen LogP contribution in [-0.4, -0.2) is 31.9 Å². The number of hydrogen-bond donors (Lipinski definition) is 1. The number of nitrogens with zero attached hydrogens (tertiary/aromatic N) is 4. The SMILES string of the molecule is CCC(CO)Cc1nnn(C)n1. The molecule has 12 heavy (non-hydrogen) atoms. The molecule has 0 aliphatic carbocycles. The number of hydrogen-bond acceptors (Lipinski definition) is 4. The Morgan fingerprint density at radius 1 is 1.58 bits per heavy atom. The Hall–Kier alpha value is -0.970. The van der Waals surface area contributed by atoms with Crippen LogP contribution in [0.15, 0.2) is 0 Å². The number of tetrazole rings is 1. The van der Waals surface area contributed by atoms with E-state index in [0.717, 1.165) is 6.42 Å². The van der Waals surface area contributed by atoms with Crippen molar-refractivity contribution in [1.82, 2.24) is 20.2 Å². The Morgan fingerprint density at radius 2 is 2.33 bits per heavy atom. The molecule has 0 radical (unpaired) electrons. The molecule has 0 saturated carbocycles. The minimum Gasteiger partial charge on any atom is -0.396 e. The van der Waals surface area contributed by atoms with Crippen LogP contribution in [0.4, 0.5) is 0 Å². The molecule has 0 aromatic carbocycles. The van der Waals surface area contributed by atoms with E-state index in [1.165, 1.54) is 4.80 Å². The highest BCUT2D eigenvalue weighted by Crippen LogP contribution is 2.06. The van der Waals surface area contributed by atoms with Crippen LogP contribution in [-0.2, 0) is 13.5 Å². The molecular formula is C7H14N4O. The molecule has 0 aliphatic rings. The highest BCUT2D eigenvalue weighted by molar-refractivity contribution is 4.80. The van der Waals surface area contributed by atoms with Crippen molar-refractivity contribution in [1.29, 1.82) is 0 Å². The van der Waals surface area contributed by atoms with E-state index in [4.69, 9.17) is 5.11 Å². The first-order chi connectivity index (χ1) is 5.76. The van der Waals surface area contributed by atoms with Gasteiger partial charge in [-0.1, -0.05) is 13.3 Å². The summed E-state index contributed by atoms with van der Waals surface area (Å²) in [6, 6.07) is 0. The van der Waals surface area contributed by atoms with Crippen molar-refractivity contribution in [3.8, 4) is 0 Å². The summed E-state index contributed by atoms with van der Waals surface area (Å²) in [6.45, 7) is 2.23. The van der Waals surface area contributed by atoms with Crippen LogP contribution in [0.3, 0.4) is 0 Å². The maximum Gasteiger partial charge on any atom is 0.175 e. The molecule has 1 aromatic rings. The summed E-state index contributed by atoms with van der Waals surface area (Å²) in [7, 11) is 1.73. The molecule has 1 rings (SSSR count). The van der Waals surface area contributed by atoms with Gasteiger partial charge in [0, 0.05) is 13.0 Å². The molecule has 0 aliphatic heterocycles. The van der Waals surface area contributed by atoms with Gasteiger partial charge in [-0.05, 0) is 11.1 Å². The van der Waals surface area contributed by atoms with Gasteiger partial charge >= 0.3 is 0 Å². The highest BCUT2D eigenvalue weighted by atomic mass is 16.3. The van der Waals surface area contributed by atoms with E-state index < -0.39 is 0 Å². The lowest BCUT2D eigenvalue weighted by atomic mass is 10.0. The maximum absolute atomic E-state index is 8.91. The summed E-state index contributed by atoms with van der Waals surface area (Å²) >= 11 is 0. The van der Waals surface area contributed by atoms with Crippen LogP contribution < -0.4 is 0 Å². The molecule has 68 valence electrons. The molecule has 0 fully saturated rings. The van der Waals surface area contributed by atoms with Crippen molar-refractivity contribution >= 4 is 0 Å². The molecule has 1 heterocycles. The zero-order chi connectivity index (χ0) is 8.97. The van der Waals surface area contributed by atoms with Gasteiger partial charge in [0.2, 0.25) is 0 Å². The van der Waals surface area contributed by atoms with Crippen molar-refractivity contribution in [3.05, 3.63) is 5.82 Å². The molecular weight excluding hydrogens is 156 g/mol. The number of aryl methyl sites for hydroxylation is 1. The molecule has 1 unspecified atom stereocenters. The third-order valence-electron chi connectivity index (χ3n) is 1.86. The molecule has 1 aromatic heterocycles.